The minimum absolute atomic E-state index is 0.168. The molecule has 0 saturated carbocycles. The van der Waals surface area contributed by atoms with Crippen LogP contribution in [0.5, 0.6) is 0 Å². The molecule has 0 bridgehead atoms. The normalized spacial score (nSPS) is 10.5. The molecule has 0 radical (unpaired) electrons. The minimum atomic E-state index is -0.342. The van der Waals surface area contributed by atoms with E-state index in [2.05, 4.69) is 20.9 Å². The predicted molar refractivity (Wildman–Crippen MR) is 117 cm³/mol. The number of amides is 3. The first-order valence-electron chi connectivity index (χ1n) is 9.61. The van der Waals surface area contributed by atoms with E-state index in [0.29, 0.717) is 29.9 Å². The number of carbonyl (C=O) groups excluding carboxylic acids is 2. The molecule has 2 aromatic heterocycles. The number of imidazole rings is 1. The van der Waals surface area contributed by atoms with Crippen LogP contribution in [0.1, 0.15) is 16.1 Å². The molecule has 3 amide bonds. The standard InChI is InChI=1S/C23H21N5O2/c29-22(24-14-13-20-16-28-15-5-4-8-21(28)25-20)17-9-11-19(12-10-17)27-23(30)26-18-6-2-1-3-7-18/h1-12,15-16H,13-14H2,(H,24,29)(H2,26,27,30). The Hall–Kier alpha value is -4.13. The molecule has 4 aromatic rings. The number of nitrogens with zero attached hydrogens (tertiary/aromatic N) is 2. The van der Waals surface area contributed by atoms with E-state index < -0.39 is 0 Å². The quantitative estimate of drug-likeness (QED) is 0.459. The second-order valence-electron chi connectivity index (χ2n) is 6.73. The summed E-state index contributed by atoms with van der Waals surface area (Å²) in [4.78, 5) is 28.9. The average Bonchev–Trinajstić information content (AvgIpc) is 3.17. The van der Waals surface area contributed by atoms with Gasteiger partial charge in [-0.1, -0.05) is 24.3 Å². The van der Waals surface area contributed by atoms with Crippen molar-refractivity contribution in [2.45, 2.75) is 6.42 Å². The summed E-state index contributed by atoms with van der Waals surface area (Å²) >= 11 is 0. The summed E-state index contributed by atoms with van der Waals surface area (Å²) in [6.45, 7) is 0.488. The second kappa shape index (κ2) is 8.91. The van der Waals surface area contributed by atoms with E-state index >= 15 is 0 Å². The van der Waals surface area contributed by atoms with Crippen LogP contribution in [0.3, 0.4) is 0 Å². The van der Waals surface area contributed by atoms with E-state index in [1.807, 2.05) is 53.2 Å². The fraction of sp³-hybridized carbons (Fsp3) is 0.0870. The molecule has 150 valence electrons. The highest BCUT2D eigenvalue weighted by Gasteiger charge is 2.08. The molecule has 0 aliphatic rings. The molecule has 0 aliphatic heterocycles. The molecular formula is C23H21N5O2. The Morgan fingerprint density at radius 3 is 2.27 bits per heavy atom. The van der Waals surface area contributed by atoms with Crippen LogP contribution in [0.15, 0.2) is 85.2 Å². The van der Waals surface area contributed by atoms with Crippen LogP contribution >= 0.6 is 0 Å². The number of hydrogen-bond acceptors (Lipinski definition) is 3. The maximum Gasteiger partial charge on any atom is 0.323 e. The highest BCUT2D eigenvalue weighted by molar-refractivity contribution is 6.00. The molecule has 2 aromatic carbocycles. The van der Waals surface area contributed by atoms with Crippen LogP contribution in [0, 0.1) is 0 Å². The molecule has 0 atom stereocenters. The molecule has 7 heteroatoms. The zero-order valence-corrected chi connectivity index (χ0v) is 16.2. The number of urea groups is 1. The van der Waals surface area contributed by atoms with Gasteiger partial charge in [0.1, 0.15) is 5.65 Å². The van der Waals surface area contributed by atoms with E-state index in [9.17, 15) is 9.59 Å². The van der Waals surface area contributed by atoms with Gasteiger partial charge in [-0.15, -0.1) is 0 Å². The van der Waals surface area contributed by atoms with Crippen molar-refractivity contribution in [2.75, 3.05) is 17.2 Å². The van der Waals surface area contributed by atoms with Gasteiger partial charge in [-0.2, -0.15) is 0 Å². The summed E-state index contributed by atoms with van der Waals surface area (Å²) in [5, 5.41) is 8.38. The van der Waals surface area contributed by atoms with E-state index in [1.165, 1.54) is 0 Å². The van der Waals surface area contributed by atoms with Crippen LogP contribution in [-0.2, 0) is 6.42 Å². The fourth-order valence-electron chi connectivity index (χ4n) is 3.03. The van der Waals surface area contributed by atoms with Crippen molar-refractivity contribution in [1.29, 1.82) is 0 Å². The summed E-state index contributed by atoms with van der Waals surface area (Å²) in [5.41, 5.74) is 3.64. The lowest BCUT2D eigenvalue weighted by Gasteiger charge is -2.08. The number of carbonyl (C=O) groups is 2. The van der Waals surface area contributed by atoms with Gasteiger partial charge >= 0.3 is 6.03 Å². The second-order valence-corrected chi connectivity index (χ2v) is 6.73. The van der Waals surface area contributed by atoms with Crippen molar-refractivity contribution < 1.29 is 9.59 Å². The maximum absolute atomic E-state index is 12.3. The van der Waals surface area contributed by atoms with Gasteiger partial charge in [0.15, 0.2) is 0 Å². The number of hydrogen-bond donors (Lipinski definition) is 3. The molecule has 0 fully saturated rings. The number of pyridine rings is 1. The van der Waals surface area contributed by atoms with Crippen LogP contribution in [0.25, 0.3) is 5.65 Å². The average molecular weight is 399 g/mol. The SMILES string of the molecule is O=C(Nc1ccccc1)Nc1ccc(C(=O)NCCc2cn3ccccc3n2)cc1. The number of para-hydroxylation sites is 1. The van der Waals surface area contributed by atoms with Crippen molar-refractivity contribution in [1.82, 2.24) is 14.7 Å². The topological polar surface area (TPSA) is 87.5 Å². The molecule has 30 heavy (non-hydrogen) atoms. The van der Waals surface area contributed by atoms with Gasteiger partial charge in [-0.3, -0.25) is 4.79 Å². The molecule has 2 heterocycles. The third-order valence-electron chi connectivity index (χ3n) is 4.52. The molecule has 0 unspecified atom stereocenters. The maximum atomic E-state index is 12.3. The first-order valence-corrected chi connectivity index (χ1v) is 9.61. The Morgan fingerprint density at radius 2 is 1.53 bits per heavy atom. The van der Waals surface area contributed by atoms with Crippen LogP contribution in [0.2, 0.25) is 0 Å². The first kappa shape index (κ1) is 19.2. The lowest BCUT2D eigenvalue weighted by atomic mass is 10.2. The summed E-state index contributed by atoms with van der Waals surface area (Å²) in [6.07, 6.45) is 4.55. The number of rotatable bonds is 6. The molecule has 3 N–H and O–H groups in total. The summed E-state index contributed by atoms with van der Waals surface area (Å²) < 4.78 is 1.96. The Bertz CT molecular complexity index is 1120. The highest BCUT2D eigenvalue weighted by Crippen LogP contribution is 2.11. The van der Waals surface area contributed by atoms with E-state index in [4.69, 9.17) is 0 Å². The molecule has 7 nitrogen and oxygen atoms in total. The Balaban J connectivity index is 1.26. The van der Waals surface area contributed by atoms with E-state index in [0.717, 1.165) is 11.3 Å². The van der Waals surface area contributed by atoms with E-state index in [1.54, 1.807) is 36.4 Å². The molecule has 0 spiro atoms. The number of fused-ring (bicyclic) bond motifs is 1. The van der Waals surface area contributed by atoms with Crippen molar-refractivity contribution in [2.24, 2.45) is 0 Å². The number of aromatic nitrogens is 2. The zero-order valence-electron chi connectivity index (χ0n) is 16.2. The summed E-state index contributed by atoms with van der Waals surface area (Å²) in [5.74, 6) is -0.168. The summed E-state index contributed by atoms with van der Waals surface area (Å²) in [6, 6.07) is 21.4. The van der Waals surface area contributed by atoms with Crippen molar-refractivity contribution in [3.8, 4) is 0 Å². The molecular weight excluding hydrogens is 378 g/mol. The van der Waals surface area contributed by atoms with Gasteiger partial charge in [0.05, 0.1) is 5.69 Å². The van der Waals surface area contributed by atoms with Gasteiger partial charge in [0.2, 0.25) is 0 Å². The molecule has 4 rings (SSSR count). The lowest BCUT2D eigenvalue weighted by molar-refractivity contribution is 0.0954. The first-order chi connectivity index (χ1) is 14.7. The number of benzene rings is 2. The van der Waals surface area contributed by atoms with Crippen molar-refractivity contribution >= 4 is 29.0 Å². The van der Waals surface area contributed by atoms with Crippen molar-refractivity contribution in [3.63, 3.8) is 0 Å². The van der Waals surface area contributed by atoms with Crippen LogP contribution < -0.4 is 16.0 Å². The van der Waals surface area contributed by atoms with E-state index in [-0.39, 0.29) is 11.9 Å². The van der Waals surface area contributed by atoms with Crippen molar-refractivity contribution in [3.05, 3.63) is 96.4 Å². The Kier molecular flexibility index (Phi) is 5.70. The monoisotopic (exact) mass is 399 g/mol. The predicted octanol–water partition coefficient (Wildman–Crippen LogP) is 3.95. The fourth-order valence-corrected chi connectivity index (χ4v) is 3.03. The lowest BCUT2D eigenvalue weighted by Crippen LogP contribution is -2.25. The van der Waals surface area contributed by atoms with Gasteiger partial charge in [-0.25, -0.2) is 9.78 Å². The Morgan fingerprint density at radius 1 is 0.833 bits per heavy atom. The largest absolute Gasteiger partial charge is 0.352 e. The third-order valence-corrected chi connectivity index (χ3v) is 4.52. The zero-order chi connectivity index (χ0) is 20.8. The third kappa shape index (κ3) is 4.82. The highest BCUT2D eigenvalue weighted by atomic mass is 16.2. The van der Waals surface area contributed by atoms with Crippen LogP contribution in [0.4, 0.5) is 16.2 Å². The van der Waals surface area contributed by atoms with Crippen LogP contribution in [-0.4, -0.2) is 27.9 Å². The van der Waals surface area contributed by atoms with Gasteiger partial charge in [-0.05, 0) is 48.5 Å². The van der Waals surface area contributed by atoms with Gasteiger partial charge in [0.25, 0.3) is 5.91 Å². The minimum Gasteiger partial charge on any atom is -0.352 e. The number of nitrogens with one attached hydrogen (secondary N) is 3. The van der Waals surface area contributed by atoms with Gasteiger partial charge < -0.3 is 20.4 Å². The summed E-state index contributed by atoms with van der Waals surface area (Å²) in [7, 11) is 0. The Labute approximate surface area is 173 Å². The molecule has 0 aliphatic carbocycles. The smallest absolute Gasteiger partial charge is 0.323 e. The van der Waals surface area contributed by atoms with Gasteiger partial charge in [0, 0.05) is 42.3 Å². The molecule has 0 saturated heterocycles. The number of anilines is 2.